The van der Waals surface area contributed by atoms with Crippen molar-refractivity contribution in [2.45, 2.75) is 25.9 Å². The van der Waals surface area contributed by atoms with E-state index in [2.05, 4.69) is 40.2 Å². The van der Waals surface area contributed by atoms with Gasteiger partial charge in [0.1, 0.15) is 0 Å². The number of H-pyrrole nitrogens is 1. The van der Waals surface area contributed by atoms with Crippen LogP contribution in [0.5, 0.6) is 0 Å². The first-order valence-corrected chi connectivity index (χ1v) is 11.7. The number of fused-ring (bicyclic) bond motifs is 3. The van der Waals surface area contributed by atoms with Gasteiger partial charge in [0, 0.05) is 48.6 Å². The molecule has 0 amide bonds. The third-order valence-corrected chi connectivity index (χ3v) is 7.14. The van der Waals surface area contributed by atoms with Gasteiger partial charge < -0.3 is 4.98 Å². The van der Waals surface area contributed by atoms with Gasteiger partial charge in [0.25, 0.3) is 5.56 Å². The topological polar surface area (TPSA) is 58.9 Å². The third-order valence-electron chi connectivity index (χ3n) is 7.14. The Morgan fingerprint density at radius 1 is 1.00 bits per heavy atom. The molecule has 1 unspecified atom stereocenters. The second-order valence-corrected chi connectivity index (χ2v) is 8.98. The maximum Gasteiger partial charge on any atom is 0.276 e. The van der Waals surface area contributed by atoms with E-state index in [1.165, 1.54) is 16.6 Å². The Hall–Kier alpha value is -3.90. The number of aromatic amines is 1. The predicted octanol–water partition coefficient (Wildman–Crippen LogP) is 4.51. The summed E-state index contributed by atoms with van der Waals surface area (Å²) in [4.78, 5) is 24.4. The van der Waals surface area contributed by atoms with Gasteiger partial charge in [-0.05, 0) is 49.2 Å². The minimum absolute atomic E-state index is 0.0356. The zero-order valence-electron chi connectivity index (χ0n) is 19.4. The molecule has 0 bridgehead atoms. The van der Waals surface area contributed by atoms with Crippen molar-refractivity contribution in [3.63, 3.8) is 0 Å². The fourth-order valence-electron chi connectivity index (χ4n) is 5.34. The van der Waals surface area contributed by atoms with Gasteiger partial charge in [-0.25, -0.2) is 4.68 Å². The maximum absolute atomic E-state index is 13.6. The van der Waals surface area contributed by atoms with E-state index in [4.69, 9.17) is 4.98 Å². The number of benzene rings is 2. The molecule has 5 aromatic rings. The quantitative estimate of drug-likeness (QED) is 0.439. The van der Waals surface area contributed by atoms with Crippen molar-refractivity contribution in [2.24, 2.45) is 7.05 Å². The van der Waals surface area contributed by atoms with Crippen LogP contribution in [0.1, 0.15) is 34.3 Å². The molecule has 1 N–H and O–H groups in total. The van der Waals surface area contributed by atoms with Crippen molar-refractivity contribution in [2.75, 3.05) is 6.54 Å². The molecule has 34 heavy (non-hydrogen) atoms. The fourth-order valence-corrected chi connectivity index (χ4v) is 5.34. The van der Waals surface area contributed by atoms with E-state index in [1.54, 1.807) is 4.68 Å². The summed E-state index contributed by atoms with van der Waals surface area (Å²) in [6.45, 7) is 3.45. The number of pyridine rings is 1. The standard InChI is InChI=1S/C28H27N5O/c1-19-23(28(34)33(31(19)2)20-10-4-3-5-11-20)18-32-17-15-22-21-12-6-7-13-24(21)30-26(22)27(32)25-14-8-9-16-29-25/h3-14,16,27,30H,15,17-18H2,1-2H3. The molecule has 0 spiro atoms. The molecule has 0 saturated heterocycles. The molecular weight excluding hydrogens is 422 g/mol. The Morgan fingerprint density at radius 2 is 1.76 bits per heavy atom. The van der Waals surface area contributed by atoms with Gasteiger partial charge in [-0.2, -0.15) is 0 Å². The molecule has 4 heterocycles. The van der Waals surface area contributed by atoms with Crippen molar-refractivity contribution in [3.05, 3.63) is 118 Å². The van der Waals surface area contributed by atoms with Crippen LogP contribution in [0.3, 0.4) is 0 Å². The molecule has 170 valence electrons. The molecule has 6 nitrogen and oxygen atoms in total. The Morgan fingerprint density at radius 3 is 2.56 bits per heavy atom. The van der Waals surface area contributed by atoms with E-state index < -0.39 is 0 Å². The van der Waals surface area contributed by atoms with Crippen molar-refractivity contribution in [3.8, 4) is 5.69 Å². The number of para-hydroxylation sites is 2. The SMILES string of the molecule is Cc1c(CN2CCc3c([nH]c4ccccc34)C2c2ccccn2)c(=O)n(-c2ccccc2)n1C. The minimum atomic E-state index is -0.0402. The molecular formula is C28H27N5O. The number of aromatic nitrogens is 4. The molecule has 3 aromatic heterocycles. The van der Waals surface area contributed by atoms with Crippen molar-refractivity contribution in [1.29, 1.82) is 0 Å². The monoisotopic (exact) mass is 449 g/mol. The van der Waals surface area contributed by atoms with E-state index in [-0.39, 0.29) is 11.6 Å². The summed E-state index contributed by atoms with van der Waals surface area (Å²) in [5, 5.41) is 1.28. The number of hydrogen-bond donors (Lipinski definition) is 1. The highest BCUT2D eigenvalue weighted by atomic mass is 16.1. The zero-order chi connectivity index (χ0) is 23.2. The summed E-state index contributed by atoms with van der Waals surface area (Å²) in [6.07, 6.45) is 2.78. The smallest absolute Gasteiger partial charge is 0.276 e. The number of rotatable bonds is 4. The van der Waals surface area contributed by atoms with E-state index in [0.717, 1.165) is 41.1 Å². The van der Waals surface area contributed by atoms with Crippen LogP contribution in [-0.2, 0) is 20.0 Å². The minimum Gasteiger partial charge on any atom is -0.357 e. The van der Waals surface area contributed by atoms with Crippen LogP contribution < -0.4 is 5.56 Å². The second-order valence-electron chi connectivity index (χ2n) is 8.98. The predicted molar refractivity (Wildman–Crippen MR) is 134 cm³/mol. The van der Waals surface area contributed by atoms with Crippen molar-refractivity contribution >= 4 is 10.9 Å². The average Bonchev–Trinajstić information content (AvgIpc) is 3.35. The summed E-state index contributed by atoms with van der Waals surface area (Å²) >= 11 is 0. The van der Waals surface area contributed by atoms with Gasteiger partial charge >= 0.3 is 0 Å². The number of hydrogen-bond acceptors (Lipinski definition) is 3. The highest BCUT2D eigenvalue weighted by Crippen LogP contribution is 2.38. The molecule has 2 aromatic carbocycles. The van der Waals surface area contributed by atoms with Gasteiger partial charge in [-0.1, -0.05) is 42.5 Å². The lowest BCUT2D eigenvalue weighted by molar-refractivity contribution is 0.197. The van der Waals surface area contributed by atoms with Crippen LogP contribution in [0.25, 0.3) is 16.6 Å². The lowest BCUT2D eigenvalue weighted by atomic mass is 9.94. The summed E-state index contributed by atoms with van der Waals surface area (Å²) in [6, 6.07) is 24.3. The molecule has 6 heteroatoms. The maximum atomic E-state index is 13.6. The Labute approximate surface area is 198 Å². The molecule has 0 saturated carbocycles. The van der Waals surface area contributed by atoms with Crippen LogP contribution in [0, 0.1) is 6.92 Å². The van der Waals surface area contributed by atoms with Crippen LogP contribution in [-0.4, -0.2) is 30.8 Å². The largest absolute Gasteiger partial charge is 0.357 e. The fraction of sp³-hybridized carbons (Fsp3) is 0.214. The molecule has 1 aliphatic heterocycles. The highest BCUT2D eigenvalue weighted by Gasteiger charge is 2.33. The molecule has 0 radical (unpaired) electrons. The van der Waals surface area contributed by atoms with Crippen LogP contribution >= 0.6 is 0 Å². The number of nitrogens with one attached hydrogen (secondary N) is 1. The number of nitrogens with zero attached hydrogens (tertiary/aromatic N) is 4. The highest BCUT2D eigenvalue weighted by molar-refractivity contribution is 5.85. The lowest BCUT2D eigenvalue weighted by Gasteiger charge is -2.35. The Kier molecular flexibility index (Phi) is 4.96. The first kappa shape index (κ1) is 20.7. The average molecular weight is 450 g/mol. The second kappa shape index (κ2) is 8.15. The van der Waals surface area contributed by atoms with E-state index in [0.29, 0.717) is 6.54 Å². The van der Waals surface area contributed by atoms with E-state index in [1.807, 2.05) is 67.3 Å². The van der Waals surface area contributed by atoms with Gasteiger partial charge in [-0.15, -0.1) is 0 Å². The molecule has 6 rings (SSSR count). The van der Waals surface area contributed by atoms with Gasteiger partial charge in [0.2, 0.25) is 0 Å². The molecule has 0 fully saturated rings. The summed E-state index contributed by atoms with van der Waals surface area (Å²) in [5.74, 6) is 0. The molecule has 1 aliphatic rings. The third kappa shape index (κ3) is 3.22. The van der Waals surface area contributed by atoms with Crippen molar-refractivity contribution in [1.82, 2.24) is 24.2 Å². The molecule has 1 atom stereocenters. The van der Waals surface area contributed by atoms with Gasteiger partial charge in [0.05, 0.1) is 23.0 Å². The Balaban J connectivity index is 1.46. The van der Waals surface area contributed by atoms with E-state index in [9.17, 15) is 4.79 Å². The first-order valence-electron chi connectivity index (χ1n) is 11.7. The summed E-state index contributed by atoms with van der Waals surface area (Å²) < 4.78 is 3.72. The van der Waals surface area contributed by atoms with Gasteiger partial charge in [0.15, 0.2) is 0 Å². The normalized spacial score (nSPS) is 16.1. The first-order chi connectivity index (χ1) is 16.6. The Bertz CT molecular complexity index is 1530. The summed E-state index contributed by atoms with van der Waals surface area (Å²) in [7, 11) is 1.95. The van der Waals surface area contributed by atoms with Gasteiger partial charge in [-0.3, -0.25) is 19.4 Å². The lowest BCUT2D eigenvalue weighted by Crippen LogP contribution is -2.37. The van der Waals surface area contributed by atoms with Crippen LogP contribution in [0.4, 0.5) is 0 Å². The van der Waals surface area contributed by atoms with Crippen LogP contribution in [0.2, 0.25) is 0 Å². The van der Waals surface area contributed by atoms with Crippen LogP contribution in [0.15, 0.2) is 83.8 Å². The zero-order valence-corrected chi connectivity index (χ0v) is 19.4. The summed E-state index contributed by atoms with van der Waals surface area (Å²) in [5.41, 5.74) is 7.40. The molecule has 0 aliphatic carbocycles. The van der Waals surface area contributed by atoms with E-state index >= 15 is 0 Å². The van der Waals surface area contributed by atoms with Crippen molar-refractivity contribution < 1.29 is 0 Å².